The molecule has 1 aromatic rings. The Kier molecular flexibility index (Phi) is 4.39. The molecule has 0 aromatic carbocycles. The number of rotatable bonds is 6. The van der Waals surface area contributed by atoms with Crippen molar-refractivity contribution in [1.29, 1.82) is 0 Å². The summed E-state index contributed by atoms with van der Waals surface area (Å²) in [6, 6.07) is 0. The van der Waals surface area contributed by atoms with Gasteiger partial charge in [-0.1, -0.05) is 13.3 Å². The van der Waals surface area contributed by atoms with E-state index >= 15 is 0 Å². The van der Waals surface area contributed by atoms with Crippen LogP contribution in [-0.2, 0) is 13.6 Å². The van der Waals surface area contributed by atoms with Gasteiger partial charge in [-0.25, -0.2) is 9.48 Å². The highest BCUT2D eigenvalue weighted by molar-refractivity contribution is 4.65. The van der Waals surface area contributed by atoms with Crippen LogP contribution in [0.2, 0.25) is 0 Å². The van der Waals surface area contributed by atoms with Gasteiger partial charge in [0.15, 0.2) is 0 Å². The van der Waals surface area contributed by atoms with E-state index in [9.17, 15) is 4.79 Å². The molecular formula is C9H18N4O. The van der Waals surface area contributed by atoms with Crippen LogP contribution in [0.25, 0.3) is 0 Å². The largest absolute Gasteiger partial charge is 0.345 e. The number of unbranched alkanes of at least 4 members (excludes halogenated alkanes) is 1. The Hall–Kier alpha value is -1.10. The molecule has 0 spiro atoms. The molecule has 1 N–H and O–H groups in total. The van der Waals surface area contributed by atoms with Gasteiger partial charge in [-0.3, -0.25) is 4.57 Å². The standard InChI is InChI=1S/C9H18N4O/c1-3-4-5-10-6-7-13-9(14)12(2)8-11-13/h8,10H,3-7H2,1-2H3. The molecule has 14 heavy (non-hydrogen) atoms. The average molecular weight is 198 g/mol. The molecule has 0 atom stereocenters. The molecule has 0 bridgehead atoms. The van der Waals surface area contributed by atoms with Gasteiger partial charge in [0.2, 0.25) is 0 Å². The molecule has 0 unspecified atom stereocenters. The van der Waals surface area contributed by atoms with Crippen molar-refractivity contribution in [3.05, 3.63) is 16.8 Å². The predicted molar refractivity (Wildman–Crippen MR) is 55.2 cm³/mol. The first-order valence-electron chi connectivity index (χ1n) is 5.05. The number of aromatic nitrogens is 3. The van der Waals surface area contributed by atoms with E-state index in [1.54, 1.807) is 7.05 Å². The van der Waals surface area contributed by atoms with Gasteiger partial charge in [-0.2, -0.15) is 5.10 Å². The topological polar surface area (TPSA) is 51.9 Å². The normalized spacial score (nSPS) is 10.7. The van der Waals surface area contributed by atoms with Crippen molar-refractivity contribution >= 4 is 0 Å². The summed E-state index contributed by atoms with van der Waals surface area (Å²) in [6.07, 6.45) is 3.90. The first kappa shape index (κ1) is 11.0. The molecule has 80 valence electrons. The number of hydrogen-bond acceptors (Lipinski definition) is 3. The Bertz CT molecular complexity index is 315. The van der Waals surface area contributed by atoms with Gasteiger partial charge in [0.05, 0.1) is 6.54 Å². The van der Waals surface area contributed by atoms with Gasteiger partial charge >= 0.3 is 5.69 Å². The maximum absolute atomic E-state index is 11.3. The number of nitrogens with zero attached hydrogens (tertiary/aromatic N) is 3. The van der Waals surface area contributed by atoms with Crippen molar-refractivity contribution in [2.24, 2.45) is 7.05 Å². The second-order valence-electron chi connectivity index (χ2n) is 3.35. The smallest absolute Gasteiger partial charge is 0.315 e. The minimum absolute atomic E-state index is 0.0534. The van der Waals surface area contributed by atoms with Crippen molar-refractivity contribution in [2.45, 2.75) is 26.3 Å². The highest BCUT2D eigenvalue weighted by atomic mass is 16.2. The molecule has 1 heterocycles. The highest BCUT2D eigenvalue weighted by Crippen LogP contribution is 1.82. The molecule has 1 rings (SSSR count). The minimum atomic E-state index is -0.0534. The summed E-state index contributed by atoms with van der Waals surface area (Å²) < 4.78 is 2.95. The van der Waals surface area contributed by atoms with E-state index in [0.717, 1.165) is 13.1 Å². The Morgan fingerprint density at radius 3 is 2.86 bits per heavy atom. The van der Waals surface area contributed by atoms with Crippen molar-refractivity contribution in [2.75, 3.05) is 13.1 Å². The molecule has 5 heteroatoms. The number of hydrogen-bond donors (Lipinski definition) is 1. The Morgan fingerprint density at radius 2 is 2.29 bits per heavy atom. The van der Waals surface area contributed by atoms with E-state index in [-0.39, 0.29) is 5.69 Å². The number of nitrogens with one attached hydrogen (secondary N) is 1. The summed E-state index contributed by atoms with van der Waals surface area (Å²) in [5, 5.41) is 7.22. The first-order chi connectivity index (χ1) is 6.75. The van der Waals surface area contributed by atoms with Crippen molar-refractivity contribution in [1.82, 2.24) is 19.7 Å². The summed E-state index contributed by atoms with van der Waals surface area (Å²) in [7, 11) is 1.70. The summed E-state index contributed by atoms with van der Waals surface area (Å²) in [5.41, 5.74) is -0.0534. The highest BCUT2D eigenvalue weighted by Gasteiger charge is 1.99. The average Bonchev–Trinajstić information content (AvgIpc) is 2.49. The molecule has 0 radical (unpaired) electrons. The van der Waals surface area contributed by atoms with E-state index in [4.69, 9.17) is 0 Å². The maximum atomic E-state index is 11.3. The molecule has 5 nitrogen and oxygen atoms in total. The van der Waals surface area contributed by atoms with Crippen molar-refractivity contribution < 1.29 is 0 Å². The molecular weight excluding hydrogens is 180 g/mol. The SMILES string of the molecule is CCCCNCCn1ncn(C)c1=O. The lowest BCUT2D eigenvalue weighted by molar-refractivity contribution is 0.529. The molecule has 0 saturated carbocycles. The quantitative estimate of drug-likeness (QED) is 0.653. The van der Waals surface area contributed by atoms with Crippen LogP contribution in [0.3, 0.4) is 0 Å². The van der Waals surface area contributed by atoms with Crippen LogP contribution in [0.1, 0.15) is 19.8 Å². The summed E-state index contributed by atoms with van der Waals surface area (Å²) in [4.78, 5) is 11.3. The summed E-state index contributed by atoms with van der Waals surface area (Å²) >= 11 is 0. The Labute approximate surface area is 83.7 Å². The fourth-order valence-corrected chi connectivity index (χ4v) is 1.19. The lowest BCUT2D eigenvalue weighted by atomic mass is 10.3. The lowest BCUT2D eigenvalue weighted by Crippen LogP contribution is -2.28. The predicted octanol–water partition coefficient (Wildman–Crippen LogP) is -0.0285. The van der Waals surface area contributed by atoms with Crippen molar-refractivity contribution in [3.8, 4) is 0 Å². The van der Waals surface area contributed by atoms with Crippen LogP contribution in [0.4, 0.5) is 0 Å². The van der Waals surface area contributed by atoms with Gasteiger partial charge in [0, 0.05) is 13.6 Å². The third kappa shape index (κ3) is 2.99. The molecule has 0 aliphatic carbocycles. The van der Waals surface area contributed by atoms with Crippen LogP contribution in [0, 0.1) is 0 Å². The third-order valence-corrected chi connectivity index (χ3v) is 2.09. The minimum Gasteiger partial charge on any atom is -0.315 e. The van der Waals surface area contributed by atoms with Crippen LogP contribution >= 0.6 is 0 Å². The molecule has 0 aliphatic rings. The maximum Gasteiger partial charge on any atom is 0.345 e. The van der Waals surface area contributed by atoms with E-state index in [2.05, 4.69) is 17.3 Å². The molecule has 1 aromatic heterocycles. The monoisotopic (exact) mass is 198 g/mol. The fourth-order valence-electron chi connectivity index (χ4n) is 1.19. The van der Waals surface area contributed by atoms with Crippen LogP contribution in [0.5, 0.6) is 0 Å². The van der Waals surface area contributed by atoms with Gasteiger partial charge in [-0.15, -0.1) is 0 Å². The van der Waals surface area contributed by atoms with E-state index in [1.165, 1.54) is 28.4 Å². The van der Waals surface area contributed by atoms with Gasteiger partial charge in [0.1, 0.15) is 6.33 Å². The van der Waals surface area contributed by atoms with E-state index in [1.807, 2.05) is 0 Å². The van der Waals surface area contributed by atoms with Crippen molar-refractivity contribution in [3.63, 3.8) is 0 Å². The van der Waals surface area contributed by atoms with Gasteiger partial charge in [-0.05, 0) is 13.0 Å². The summed E-state index contributed by atoms with van der Waals surface area (Å²) in [6.45, 7) is 4.61. The fraction of sp³-hybridized carbons (Fsp3) is 0.778. The second-order valence-corrected chi connectivity index (χ2v) is 3.35. The van der Waals surface area contributed by atoms with Gasteiger partial charge < -0.3 is 5.32 Å². The molecule has 0 fully saturated rings. The Morgan fingerprint density at radius 1 is 1.50 bits per heavy atom. The van der Waals surface area contributed by atoms with Gasteiger partial charge in [0.25, 0.3) is 0 Å². The zero-order chi connectivity index (χ0) is 10.4. The zero-order valence-corrected chi connectivity index (χ0v) is 8.86. The molecule has 0 saturated heterocycles. The van der Waals surface area contributed by atoms with Crippen LogP contribution in [-0.4, -0.2) is 27.4 Å². The number of aryl methyl sites for hydroxylation is 1. The lowest BCUT2D eigenvalue weighted by Gasteiger charge is -2.02. The van der Waals surface area contributed by atoms with Crippen LogP contribution in [0.15, 0.2) is 11.1 Å². The second kappa shape index (κ2) is 5.59. The molecule has 0 aliphatic heterocycles. The van der Waals surface area contributed by atoms with E-state index < -0.39 is 0 Å². The zero-order valence-electron chi connectivity index (χ0n) is 8.86. The van der Waals surface area contributed by atoms with E-state index in [0.29, 0.717) is 6.54 Å². The first-order valence-corrected chi connectivity index (χ1v) is 5.05. The van der Waals surface area contributed by atoms with Crippen LogP contribution < -0.4 is 11.0 Å². The third-order valence-electron chi connectivity index (χ3n) is 2.09. The summed E-state index contributed by atoms with van der Waals surface area (Å²) in [5.74, 6) is 0. The Balaban J connectivity index is 2.25. The molecule has 0 amide bonds.